The van der Waals surface area contributed by atoms with Crippen molar-refractivity contribution in [3.8, 4) is 0 Å². The number of carbonyl (C=O) groups is 3. The summed E-state index contributed by atoms with van der Waals surface area (Å²) in [5.74, 6) is -0.158. The van der Waals surface area contributed by atoms with Crippen LogP contribution in [-0.2, 0) is 13.0 Å². The Labute approximate surface area is 164 Å². The monoisotopic (exact) mass is 382 g/mol. The van der Waals surface area contributed by atoms with Crippen LogP contribution in [0.2, 0.25) is 0 Å². The van der Waals surface area contributed by atoms with E-state index in [0.717, 1.165) is 25.0 Å². The number of nitrogens with zero attached hydrogens (tertiary/aromatic N) is 3. The number of hydrogen-bond acceptors (Lipinski definition) is 4. The van der Waals surface area contributed by atoms with Gasteiger partial charge in [-0.15, -0.1) is 0 Å². The second-order valence-corrected chi connectivity index (χ2v) is 6.90. The van der Waals surface area contributed by atoms with E-state index in [4.69, 9.17) is 0 Å². The smallest absolute Gasteiger partial charge is 0.289 e. The number of aromatic nitrogens is 2. The summed E-state index contributed by atoms with van der Waals surface area (Å²) in [5, 5.41) is 2.83. The first-order valence-electron chi connectivity index (χ1n) is 9.77. The molecule has 0 radical (unpaired) electrons. The summed E-state index contributed by atoms with van der Waals surface area (Å²) in [6.45, 7) is 7.26. The van der Waals surface area contributed by atoms with Gasteiger partial charge in [0.15, 0.2) is 17.3 Å². The largest absolute Gasteiger partial charge is 0.337 e. The Morgan fingerprint density at radius 3 is 2.39 bits per heavy atom. The summed E-state index contributed by atoms with van der Waals surface area (Å²) in [5.41, 5.74) is 2.30. The number of hydrogen-bond donors (Lipinski definition) is 1. The van der Waals surface area contributed by atoms with Gasteiger partial charge in [0.2, 0.25) is 0 Å². The predicted octanol–water partition coefficient (Wildman–Crippen LogP) is 3.16. The van der Waals surface area contributed by atoms with Gasteiger partial charge in [-0.2, -0.15) is 0 Å². The summed E-state index contributed by atoms with van der Waals surface area (Å²) in [4.78, 5) is 43.3. The van der Waals surface area contributed by atoms with E-state index in [1.165, 1.54) is 6.92 Å². The fourth-order valence-corrected chi connectivity index (χ4v) is 3.52. The van der Waals surface area contributed by atoms with E-state index in [1.54, 1.807) is 29.2 Å². The molecule has 2 amide bonds. The molecule has 0 bridgehead atoms. The maximum absolute atomic E-state index is 12.9. The van der Waals surface area contributed by atoms with Gasteiger partial charge >= 0.3 is 0 Å². The van der Waals surface area contributed by atoms with Crippen molar-refractivity contribution in [2.24, 2.45) is 0 Å². The third kappa shape index (κ3) is 3.83. The summed E-state index contributed by atoms with van der Waals surface area (Å²) >= 11 is 0. The molecule has 0 aliphatic carbocycles. The Kier molecular flexibility index (Phi) is 5.92. The normalized spacial score (nSPS) is 13.0. The number of carbonyl (C=O) groups excluding carboxylic acids is 3. The van der Waals surface area contributed by atoms with Crippen LogP contribution in [0, 0.1) is 0 Å². The van der Waals surface area contributed by atoms with E-state index in [1.807, 2.05) is 18.4 Å². The highest BCUT2D eigenvalue weighted by atomic mass is 16.2. The molecule has 0 fully saturated rings. The quantitative estimate of drug-likeness (QED) is 0.778. The van der Waals surface area contributed by atoms with Gasteiger partial charge in [-0.05, 0) is 64.3 Å². The van der Waals surface area contributed by atoms with Crippen molar-refractivity contribution in [1.29, 1.82) is 0 Å². The number of amides is 2. The summed E-state index contributed by atoms with van der Waals surface area (Å²) < 4.78 is 1.90. The van der Waals surface area contributed by atoms with Crippen molar-refractivity contribution >= 4 is 23.3 Å². The zero-order valence-electron chi connectivity index (χ0n) is 16.6. The van der Waals surface area contributed by atoms with Gasteiger partial charge in [-0.25, -0.2) is 4.98 Å². The lowest BCUT2D eigenvalue weighted by Gasteiger charge is -2.21. The van der Waals surface area contributed by atoms with Crippen molar-refractivity contribution in [2.45, 2.75) is 46.6 Å². The third-order valence-electron chi connectivity index (χ3n) is 5.12. The molecule has 3 rings (SSSR count). The zero-order valence-corrected chi connectivity index (χ0v) is 16.6. The van der Waals surface area contributed by atoms with E-state index in [-0.39, 0.29) is 17.6 Å². The Hall–Kier alpha value is -2.96. The minimum Gasteiger partial charge on any atom is -0.337 e. The highest BCUT2D eigenvalue weighted by Gasteiger charge is 2.29. The summed E-state index contributed by atoms with van der Waals surface area (Å²) in [6.07, 6.45) is 2.66. The van der Waals surface area contributed by atoms with E-state index in [2.05, 4.69) is 10.3 Å². The molecule has 1 aromatic carbocycles. The molecular formula is C21H26N4O3. The number of benzene rings is 1. The Morgan fingerprint density at radius 1 is 1.11 bits per heavy atom. The van der Waals surface area contributed by atoms with Crippen LogP contribution < -0.4 is 5.32 Å². The average molecular weight is 382 g/mol. The van der Waals surface area contributed by atoms with E-state index in [0.29, 0.717) is 42.4 Å². The van der Waals surface area contributed by atoms with Gasteiger partial charge in [0, 0.05) is 30.9 Å². The maximum atomic E-state index is 12.9. The first kappa shape index (κ1) is 19.8. The van der Waals surface area contributed by atoms with Crippen molar-refractivity contribution < 1.29 is 14.4 Å². The molecule has 1 aromatic heterocycles. The molecule has 1 N–H and O–H groups in total. The number of rotatable bonds is 6. The molecular weight excluding hydrogens is 356 g/mol. The molecule has 0 saturated heterocycles. The van der Waals surface area contributed by atoms with Crippen LogP contribution in [0.15, 0.2) is 24.3 Å². The van der Waals surface area contributed by atoms with Gasteiger partial charge < -0.3 is 14.8 Å². The molecule has 0 saturated carbocycles. The van der Waals surface area contributed by atoms with Crippen LogP contribution in [-0.4, -0.2) is 45.1 Å². The van der Waals surface area contributed by atoms with Crippen molar-refractivity contribution in [3.63, 3.8) is 0 Å². The van der Waals surface area contributed by atoms with Gasteiger partial charge in [-0.1, -0.05) is 0 Å². The fourth-order valence-electron chi connectivity index (χ4n) is 3.52. The third-order valence-corrected chi connectivity index (χ3v) is 5.12. The molecule has 7 heteroatoms. The lowest BCUT2D eigenvalue weighted by molar-refractivity contribution is 0.0754. The predicted molar refractivity (Wildman–Crippen MR) is 107 cm³/mol. The fraction of sp³-hybridized carbons (Fsp3) is 0.429. The Balaban J connectivity index is 1.89. The number of anilines is 1. The first-order chi connectivity index (χ1) is 13.5. The highest BCUT2D eigenvalue weighted by molar-refractivity contribution is 6.05. The van der Waals surface area contributed by atoms with Crippen molar-refractivity contribution in [3.05, 3.63) is 47.0 Å². The average Bonchev–Trinajstić information content (AvgIpc) is 3.09. The Morgan fingerprint density at radius 2 is 1.79 bits per heavy atom. The number of imidazole rings is 1. The molecule has 2 aromatic rings. The van der Waals surface area contributed by atoms with E-state index >= 15 is 0 Å². The molecule has 28 heavy (non-hydrogen) atoms. The molecule has 1 aliphatic heterocycles. The number of fused-ring (bicyclic) bond motifs is 1. The molecule has 7 nitrogen and oxygen atoms in total. The van der Waals surface area contributed by atoms with Crippen LogP contribution in [0.1, 0.15) is 70.8 Å². The van der Waals surface area contributed by atoms with E-state index < -0.39 is 0 Å². The van der Waals surface area contributed by atoms with Crippen LogP contribution in [0.3, 0.4) is 0 Å². The van der Waals surface area contributed by atoms with Crippen LogP contribution in [0.5, 0.6) is 0 Å². The van der Waals surface area contributed by atoms with E-state index in [9.17, 15) is 14.4 Å². The zero-order chi connectivity index (χ0) is 20.3. The van der Waals surface area contributed by atoms with Gasteiger partial charge in [0.05, 0.1) is 5.69 Å². The molecule has 0 atom stereocenters. The minimum absolute atomic E-state index is 0.0272. The minimum atomic E-state index is -0.333. The molecule has 2 heterocycles. The van der Waals surface area contributed by atoms with Crippen molar-refractivity contribution in [2.75, 3.05) is 18.4 Å². The summed E-state index contributed by atoms with van der Waals surface area (Å²) in [6, 6.07) is 6.74. The lowest BCUT2D eigenvalue weighted by atomic mass is 10.1. The molecule has 1 aliphatic rings. The first-order valence-corrected chi connectivity index (χ1v) is 9.77. The molecule has 0 unspecified atom stereocenters. The lowest BCUT2D eigenvalue weighted by Crippen LogP contribution is -2.33. The second-order valence-electron chi connectivity index (χ2n) is 6.90. The summed E-state index contributed by atoms with van der Waals surface area (Å²) in [7, 11) is 0. The van der Waals surface area contributed by atoms with Crippen molar-refractivity contribution in [1.82, 2.24) is 14.5 Å². The topological polar surface area (TPSA) is 84.3 Å². The SMILES string of the molecule is CCN(CC)C(=O)c1nc(C(=O)Nc2ccc(C(C)=O)cc2)c2n1CCCC2. The number of ketones is 1. The van der Waals surface area contributed by atoms with Crippen LogP contribution in [0.25, 0.3) is 0 Å². The second kappa shape index (κ2) is 8.37. The maximum Gasteiger partial charge on any atom is 0.289 e. The van der Waals surface area contributed by atoms with Gasteiger partial charge in [-0.3, -0.25) is 14.4 Å². The molecule has 0 spiro atoms. The number of Topliss-reactive ketones (excluding diaryl/α,β-unsaturated/α-hetero) is 1. The number of nitrogens with one attached hydrogen (secondary N) is 1. The van der Waals surface area contributed by atoms with Crippen LogP contribution >= 0.6 is 0 Å². The highest BCUT2D eigenvalue weighted by Crippen LogP contribution is 2.23. The van der Waals surface area contributed by atoms with Gasteiger partial charge in [0.25, 0.3) is 11.8 Å². The standard InChI is InChI=1S/C21H26N4O3/c1-4-24(5-2)21(28)19-23-18(17-8-6-7-13-25(17)19)20(27)22-16-11-9-15(10-12-16)14(3)26/h9-12H,4-8,13H2,1-3H3,(H,22,27). The molecule has 148 valence electrons. The van der Waals surface area contributed by atoms with Gasteiger partial charge in [0.1, 0.15) is 0 Å². The van der Waals surface area contributed by atoms with Crippen LogP contribution in [0.4, 0.5) is 5.69 Å². The Bertz CT molecular complexity index is 895.